The number of amides is 1. The first-order chi connectivity index (χ1) is 8.88. The van der Waals surface area contributed by atoms with Crippen LogP contribution in [-0.2, 0) is 4.79 Å². The van der Waals surface area contributed by atoms with Crippen molar-refractivity contribution in [1.29, 1.82) is 0 Å². The lowest BCUT2D eigenvalue weighted by Crippen LogP contribution is -2.34. The molecule has 0 heterocycles. The average Bonchev–Trinajstić information content (AvgIpc) is 2.30. The summed E-state index contributed by atoms with van der Waals surface area (Å²) in [6.07, 6.45) is 0. The van der Waals surface area contributed by atoms with Gasteiger partial charge in [0.25, 0.3) is 0 Å². The highest BCUT2D eigenvalue weighted by atomic mass is 79.9. The smallest absolute Gasteiger partial charge is 0.238 e. The highest BCUT2D eigenvalue weighted by Crippen LogP contribution is 2.24. The Hall–Kier alpha value is -1.11. The van der Waals surface area contributed by atoms with Gasteiger partial charge in [-0.2, -0.15) is 0 Å². The molecule has 0 unspecified atom stereocenters. The highest BCUT2D eigenvalue weighted by Gasteiger charge is 2.09. The van der Waals surface area contributed by atoms with Crippen LogP contribution in [0.1, 0.15) is 0 Å². The number of hydrogen-bond donors (Lipinski definition) is 2. The van der Waals surface area contributed by atoms with Crippen LogP contribution in [0.4, 0.5) is 11.4 Å². The largest absolute Gasteiger partial charge is 0.399 e. The summed E-state index contributed by atoms with van der Waals surface area (Å²) in [7, 11) is 5.96. The molecule has 0 aliphatic rings. The summed E-state index contributed by atoms with van der Waals surface area (Å²) < 4.78 is 0.789. The third-order valence-electron chi connectivity index (χ3n) is 2.61. The second-order valence-electron chi connectivity index (χ2n) is 4.83. The van der Waals surface area contributed by atoms with E-state index in [2.05, 4.69) is 26.1 Å². The fourth-order valence-electron chi connectivity index (χ4n) is 1.52. The minimum Gasteiger partial charge on any atom is -0.399 e. The summed E-state index contributed by atoms with van der Waals surface area (Å²) in [6, 6.07) is 5.32. The number of nitrogens with zero attached hydrogens (tertiary/aromatic N) is 2. The van der Waals surface area contributed by atoms with Crippen molar-refractivity contribution in [2.24, 2.45) is 0 Å². The van der Waals surface area contributed by atoms with Gasteiger partial charge in [-0.25, -0.2) is 0 Å². The Morgan fingerprint density at radius 3 is 2.58 bits per heavy atom. The van der Waals surface area contributed by atoms with Crippen molar-refractivity contribution in [2.75, 3.05) is 51.8 Å². The highest BCUT2D eigenvalue weighted by molar-refractivity contribution is 9.10. The van der Waals surface area contributed by atoms with Gasteiger partial charge in [0.05, 0.1) is 12.2 Å². The first-order valence-electron chi connectivity index (χ1n) is 6.06. The van der Waals surface area contributed by atoms with Gasteiger partial charge in [-0.1, -0.05) is 0 Å². The molecule has 6 heteroatoms. The van der Waals surface area contributed by atoms with Crippen molar-refractivity contribution in [3.05, 3.63) is 22.7 Å². The van der Waals surface area contributed by atoms with E-state index in [1.807, 2.05) is 26.0 Å². The molecule has 19 heavy (non-hydrogen) atoms. The van der Waals surface area contributed by atoms with E-state index >= 15 is 0 Å². The van der Waals surface area contributed by atoms with Crippen molar-refractivity contribution < 1.29 is 4.79 Å². The maximum Gasteiger partial charge on any atom is 0.238 e. The molecule has 0 fully saturated rings. The van der Waals surface area contributed by atoms with Crippen LogP contribution in [0.25, 0.3) is 0 Å². The van der Waals surface area contributed by atoms with Crippen molar-refractivity contribution in [2.45, 2.75) is 0 Å². The number of rotatable bonds is 6. The third-order valence-corrected chi connectivity index (χ3v) is 3.27. The molecule has 1 rings (SSSR count). The summed E-state index contributed by atoms with van der Waals surface area (Å²) in [5.74, 6) is -0.0354. The van der Waals surface area contributed by atoms with E-state index in [-0.39, 0.29) is 5.91 Å². The van der Waals surface area contributed by atoms with Gasteiger partial charge in [-0.05, 0) is 55.3 Å². The molecule has 1 amide bonds. The third kappa shape index (κ3) is 6.04. The van der Waals surface area contributed by atoms with Crippen LogP contribution in [0.2, 0.25) is 0 Å². The second kappa shape index (κ2) is 7.47. The number of nitrogen functional groups attached to an aromatic ring is 1. The zero-order valence-electron chi connectivity index (χ0n) is 11.6. The number of anilines is 2. The van der Waals surface area contributed by atoms with Gasteiger partial charge in [0.15, 0.2) is 0 Å². The topological polar surface area (TPSA) is 61.6 Å². The molecule has 0 spiro atoms. The Balaban J connectivity index is 2.46. The summed E-state index contributed by atoms with van der Waals surface area (Å²) in [4.78, 5) is 16.0. The molecule has 0 saturated carbocycles. The zero-order chi connectivity index (χ0) is 14.4. The number of benzene rings is 1. The number of carbonyl (C=O) groups is 1. The van der Waals surface area contributed by atoms with Gasteiger partial charge in [0.1, 0.15) is 0 Å². The lowest BCUT2D eigenvalue weighted by atomic mass is 10.3. The molecule has 0 atom stereocenters. The fourth-order valence-corrected chi connectivity index (χ4v) is 2.01. The van der Waals surface area contributed by atoms with Gasteiger partial charge in [0.2, 0.25) is 5.91 Å². The summed E-state index contributed by atoms with van der Waals surface area (Å²) in [6.45, 7) is 2.14. The minimum atomic E-state index is -0.0354. The average molecular weight is 329 g/mol. The monoisotopic (exact) mass is 328 g/mol. The summed E-state index contributed by atoms with van der Waals surface area (Å²) in [5, 5.41) is 2.86. The van der Waals surface area contributed by atoms with Gasteiger partial charge in [-0.15, -0.1) is 0 Å². The van der Waals surface area contributed by atoms with E-state index in [1.165, 1.54) is 0 Å². The molecule has 3 N–H and O–H groups in total. The van der Waals surface area contributed by atoms with E-state index < -0.39 is 0 Å². The van der Waals surface area contributed by atoms with Gasteiger partial charge in [-0.3, -0.25) is 9.69 Å². The van der Waals surface area contributed by atoms with Crippen LogP contribution in [0, 0.1) is 0 Å². The lowest BCUT2D eigenvalue weighted by molar-refractivity contribution is -0.117. The molecule has 0 radical (unpaired) electrons. The van der Waals surface area contributed by atoms with E-state index in [0.29, 0.717) is 12.2 Å². The Morgan fingerprint density at radius 2 is 2.00 bits per heavy atom. The molecule has 1 aromatic carbocycles. The van der Waals surface area contributed by atoms with E-state index in [4.69, 9.17) is 5.73 Å². The molecular weight excluding hydrogens is 308 g/mol. The number of carbonyl (C=O) groups excluding carboxylic acids is 1. The van der Waals surface area contributed by atoms with Crippen LogP contribution in [0.5, 0.6) is 0 Å². The Labute approximate surface area is 122 Å². The predicted octanol–water partition coefficient (Wildman–Crippen LogP) is 1.46. The summed E-state index contributed by atoms with van der Waals surface area (Å²) >= 11 is 3.38. The summed E-state index contributed by atoms with van der Waals surface area (Å²) in [5.41, 5.74) is 7.05. The molecule has 0 aliphatic heterocycles. The quantitative estimate of drug-likeness (QED) is 0.776. The number of nitrogens with one attached hydrogen (secondary N) is 1. The normalized spacial score (nSPS) is 11.1. The number of likely N-dealkylation sites (N-methyl/N-ethyl adjacent to an activating group) is 2. The standard InChI is InChI=1S/C13H21BrN4O/c1-17(2)6-7-18(3)9-13(19)16-12-5-4-10(15)8-11(12)14/h4-5,8H,6-7,9,15H2,1-3H3,(H,16,19). The Kier molecular flexibility index (Phi) is 6.27. The SMILES string of the molecule is CN(C)CCN(C)CC(=O)Nc1ccc(N)cc1Br. The minimum absolute atomic E-state index is 0.0354. The Morgan fingerprint density at radius 1 is 1.32 bits per heavy atom. The molecular formula is C13H21BrN4O. The molecule has 0 aromatic heterocycles. The molecule has 0 bridgehead atoms. The van der Waals surface area contributed by atoms with E-state index in [9.17, 15) is 4.79 Å². The molecule has 106 valence electrons. The first-order valence-corrected chi connectivity index (χ1v) is 6.86. The second-order valence-corrected chi connectivity index (χ2v) is 5.68. The molecule has 5 nitrogen and oxygen atoms in total. The Bertz CT molecular complexity index is 437. The number of hydrogen-bond acceptors (Lipinski definition) is 4. The van der Waals surface area contributed by atoms with E-state index in [1.54, 1.807) is 18.2 Å². The zero-order valence-corrected chi connectivity index (χ0v) is 13.2. The van der Waals surface area contributed by atoms with Gasteiger partial charge in [0, 0.05) is 23.2 Å². The molecule has 0 saturated heterocycles. The molecule has 1 aromatic rings. The maximum atomic E-state index is 11.9. The first kappa shape index (κ1) is 15.9. The maximum absolute atomic E-state index is 11.9. The van der Waals surface area contributed by atoms with Crippen molar-refractivity contribution in [3.8, 4) is 0 Å². The fraction of sp³-hybridized carbons (Fsp3) is 0.462. The van der Waals surface area contributed by atoms with Crippen LogP contribution in [-0.4, -0.2) is 56.5 Å². The van der Waals surface area contributed by atoms with Crippen molar-refractivity contribution >= 4 is 33.2 Å². The lowest BCUT2D eigenvalue weighted by Gasteiger charge is -2.19. The van der Waals surface area contributed by atoms with Crippen molar-refractivity contribution in [1.82, 2.24) is 9.80 Å². The van der Waals surface area contributed by atoms with Crippen molar-refractivity contribution in [3.63, 3.8) is 0 Å². The van der Waals surface area contributed by atoms with Crippen LogP contribution < -0.4 is 11.1 Å². The van der Waals surface area contributed by atoms with Crippen LogP contribution in [0.15, 0.2) is 22.7 Å². The van der Waals surface area contributed by atoms with Crippen LogP contribution in [0.3, 0.4) is 0 Å². The van der Waals surface area contributed by atoms with Gasteiger partial charge >= 0.3 is 0 Å². The van der Waals surface area contributed by atoms with Crippen LogP contribution >= 0.6 is 15.9 Å². The number of nitrogens with two attached hydrogens (primary N) is 1. The predicted molar refractivity (Wildman–Crippen MR) is 83.2 cm³/mol. The number of halogens is 1. The van der Waals surface area contributed by atoms with Gasteiger partial charge < -0.3 is 16.0 Å². The molecule has 0 aliphatic carbocycles. The van der Waals surface area contributed by atoms with E-state index in [0.717, 1.165) is 23.2 Å².